The summed E-state index contributed by atoms with van der Waals surface area (Å²) in [4.78, 5) is 12.6. The molecule has 0 fully saturated rings. The summed E-state index contributed by atoms with van der Waals surface area (Å²) in [5, 5.41) is 13.8. The lowest BCUT2D eigenvalue weighted by Gasteiger charge is -2.30. The van der Waals surface area contributed by atoms with Crippen LogP contribution < -0.4 is 20.5 Å². The SMILES string of the molecule is CC#CCNC(=O)[C@@H](C[C@H](O)[C@@H](N)C[C@H](Cc1ccc(OC)c(OCCCOC)c1)C(C)C)C(C)C. The molecule has 1 rings (SSSR count). The summed E-state index contributed by atoms with van der Waals surface area (Å²) >= 11 is 0. The minimum Gasteiger partial charge on any atom is -0.493 e. The molecule has 0 aliphatic heterocycles. The highest BCUT2D eigenvalue weighted by atomic mass is 16.5. The van der Waals surface area contributed by atoms with E-state index in [-0.39, 0.29) is 23.7 Å². The quantitative estimate of drug-likeness (QED) is 0.220. The summed E-state index contributed by atoms with van der Waals surface area (Å²) in [6.07, 6.45) is 1.82. The van der Waals surface area contributed by atoms with E-state index in [1.807, 2.05) is 26.0 Å². The molecule has 204 valence electrons. The predicted octanol–water partition coefficient (Wildman–Crippen LogP) is 3.81. The zero-order chi connectivity index (χ0) is 27.1. The van der Waals surface area contributed by atoms with Crippen molar-refractivity contribution in [2.24, 2.45) is 29.4 Å². The fourth-order valence-electron chi connectivity index (χ4n) is 4.21. The fourth-order valence-corrected chi connectivity index (χ4v) is 4.21. The minimum absolute atomic E-state index is 0.0870. The van der Waals surface area contributed by atoms with Crippen molar-refractivity contribution >= 4 is 5.91 Å². The van der Waals surface area contributed by atoms with E-state index in [1.165, 1.54) is 0 Å². The first-order valence-corrected chi connectivity index (χ1v) is 13.0. The molecule has 7 nitrogen and oxygen atoms in total. The molecule has 0 saturated carbocycles. The van der Waals surface area contributed by atoms with Crippen LogP contribution in [0.1, 0.15) is 59.4 Å². The average Bonchev–Trinajstić information content (AvgIpc) is 2.84. The number of nitrogens with one attached hydrogen (secondary N) is 1. The van der Waals surface area contributed by atoms with Gasteiger partial charge in [-0.3, -0.25) is 4.79 Å². The highest BCUT2D eigenvalue weighted by Gasteiger charge is 2.29. The van der Waals surface area contributed by atoms with Gasteiger partial charge in [-0.25, -0.2) is 0 Å². The van der Waals surface area contributed by atoms with Gasteiger partial charge >= 0.3 is 0 Å². The van der Waals surface area contributed by atoms with Crippen LogP contribution in [-0.2, 0) is 16.0 Å². The molecule has 0 radical (unpaired) electrons. The second-order valence-corrected chi connectivity index (χ2v) is 10.1. The lowest BCUT2D eigenvalue weighted by Crippen LogP contribution is -2.42. The Labute approximate surface area is 218 Å². The second kappa shape index (κ2) is 17.2. The number of hydrogen-bond donors (Lipinski definition) is 3. The Bertz CT molecular complexity index is 831. The van der Waals surface area contributed by atoms with Crippen LogP contribution in [0.2, 0.25) is 0 Å². The maximum atomic E-state index is 12.6. The fraction of sp³-hybridized carbons (Fsp3) is 0.690. The molecular formula is C29H48N2O5. The van der Waals surface area contributed by atoms with Crippen molar-refractivity contribution in [3.63, 3.8) is 0 Å². The summed E-state index contributed by atoms with van der Waals surface area (Å²) in [6, 6.07) is 5.59. The normalized spacial score (nSPS) is 14.5. The first-order valence-electron chi connectivity index (χ1n) is 13.0. The van der Waals surface area contributed by atoms with Crippen LogP contribution in [0.5, 0.6) is 11.5 Å². The summed E-state index contributed by atoms with van der Waals surface area (Å²) in [5.41, 5.74) is 7.62. The molecule has 4 atom stereocenters. The third kappa shape index (κ3) is 11.2. The molecule has 1 aromatic rings. The molecule has 0 heterocycles. The van der Waals surface area contributed by atoms with Crippen molar-refractivity contribution in [1.82, 2.24) is 5.32 Å². The number of hydrogen-bond acceptors (Lipinski definition) is 6. The van der Waals surface area contributed by atoms with Gasteiger partial charge in [0.25, 0.3) is 0 Å². The van der Waals surface area contributed by atoms with Crippen molar-refractivity contribution < 1.29 is 24.1 Å². The molecule has 36 heavy (non-hydrogen) atoms. The molecule has 4 N–H and O–H groups in total. The van der Waals surface area contributed by atoms with Crippen LogP contribution in [-0.4, -0.2) is 57.1 Å². The summed E-state index contributed by atoms with van der Waals surface area (Å²) in [5.74, 6) is 7.35. The molecular weight excluding hydrogens is 456 g/mol. The largest absolute Gasteiger partial charge is 0.493 e. The number of carbonyl (C=O) groups is 1. The molecule has 0 aromatic heterocycles. The van der Waals surface area contributed by atoms with Crippen molar-refractivity contribution in [3.05, 3.63) is 23.8 Å². The van der Waals surface area contributed by atoms with Crippen LogP contribution in [0.4, 0.5) is 0 Å². The summed E-state index contributed by atoms with van der Waals surface area (Å²) < 4.78 is 16.5. The smallest absolute Gasteiger partial charge is 0.224 e. The molecule has 0 saturated heterocycles. The van der Waals surface area contributed by atoms with Gasteiger partial charge in [0.15, 0.2) is 11.5 Å². The lowest BCUT2D eigenvalue weighted by molar-refractivity contribution is -0.127. The minimum atomic E-state index is -0.766. The Balaban J connectivity index is 2.85. The highest BCUT2D eigenvalue weighted by Crippen LogP contribution is 2.31. The molecule has 0 unspecified atom stereocenters. The topological polar surface area (TPSA) is 103 Å². The Morgan fingerprint density at radius 1 is 1.08 bits per heavy atom. The van der Waals surface area contributed by atoms with Crippen LogP contribution in [0.15, 0.2) is 18.2 Å². The number of aliphatic hydroxyl groups is 1. The van der Waals surface area contributed by atoms with Gasteiger partial charge in [0.05, 0.1) is 26.4 Å². The van der Waals surface area contributed by atoms with Gasteiger partial charge in [-0.15, -0.1) is 5.92 Å². The number of amides is 1. The standard InChI is InChI=1S/C29H48N2O5/c1-8-9-13-31-29(33)24(21(4)5)19-26(32)25(30)18-23(20(2)3)16-22-11-12-27(35-7)28(17-22)36-15-10-14-34-6/h11-12,17,20-21,23-26,32H,10,13-16,18-19,30H2,1-7H3,(H,31,33)/t23-,24-,25-,26-/m0/s1. The Morgan fingerprint density at radius 3 is 2.39 bits per heavy atom. The Kier molecular flexibility index (Phi) is 15.2. The number of benzene rings is 1. The Hall–Kier alpha value is -2.27. The maximum Gasteiger partial charge on any atom is 0.224 e. The number of ether oxygens (including phenoxy) is 3. The first kappa shape index (κ1) is 31.8. The van der Waals surface area contributed by atoms with E-state index in [4.69, 9.17) is 19.9 Å². The molecule has 0 aliphatic rings. The van der Waals surface area contributed by atoms with Crippen LogP contribution in [0, 0.1) is 35.5 Å². The zero-order valence-corrected chi connectivity index (χ0v) is 23.3. The third-order valence-corrected chi connectivity index (χ3v) is 6.65. The molecule has 0 spiro atoms. The van der Waals surface area contributed by atoms with Gasteiger partial charge in [-0.05, 0) is 61.6 Å². The van der Waals surface area contributed by atoms with E-state index in [1.54, 1.807) is 21.1 Å². The third-order valence-electron chi connectivity index (χ3n) is 6.65. The van der Waals surface area contributed by atoms with Crippen LogP contribution >= 0.6 is 0 Å². The maximum absolute atomic E-state index is 12.6. The number of rotatable bonds is 17. The first-order chi connectivity index (χ1) is 17.1. The average molecular weight is 505 g/mol. The number of nitrogens with two attached hydrogens (primary N) is 1. The van der Waals surface area contributed by atoms with Gasteiger partial charge in [0.1, 0.15) is 0 Å². The number of aliphatic hydroxyl groups excluding tert-OH is 1. The molecule has 1 aromatic carbocycles. The molecule has 0 aliphatic carbocycles. The second-order valence-electron chi connectivity index (χ2n) is 10.1. The zero-order valence-electron chi connectivity index (χ0n) is 23.3. The predicted molar refractivity (Wildman–Crippen MR) is 145 cm³/mol. The van der Waals surface area contributed by atoms with Gasteiger partial charge in [0.2, 0.25) is 5.91 Å². The van der Waals surface area contributed by atoms with Gasteiger partial charge in [0, 0.05) is 32.1 Å². The van der Waals surface area contributed by atoms with Gasteiger partial charge in [-0.2, -0.15) is 0 Å². The van der Waals surface area contributed by atoms with Crippen LogP contribution in [0.3, 0.4) is 0 Å². The summed E-state index contributed by atoms with van der Waals surface area (Å²) in [7, 11) is 3.31. The van der Waals surface area contributed by atoms with Crippen molar-refractivity contribution in [2.45, 2.75) is 72.4 Å². The number of methoxy groups -OCH3 is 2. The van der Waals surface area contributed by atoms with Gasteiger partial charge < -0.3 is 30.4 Å². The van der Waals surface area contributed by atoms with Crippen LogP contribution in [0.25, 0.3) is 0 Å². The monoisotopic (exact) mass is 504 g/mol. The van der Waals surface area contributed by atoms with E-state index >= 15 is 0 Å². The van der Waals surface area contributed by atoms with E-state index < -0.39 is 12.1 Å². The lowest BCUT2D eigenvalue weighted by atomic mass is 9.81. The van der Waals surface area contributed by atoms with Crippen molar-refractivity contribution in [2.75, 3.05) is 34.0 Å². The van der Waals surface area contributed by atoms with E-state index in [2.05, 4.69) is 37.1 Å². The number of carbonyl (C=O) groups excluding carboxylic acids is 1. The molecule has 0 bridgehead atoms. The highest BCUT2D eigenvalue weighted by molar-refractivity contribution is 5.79. The Morgan fingerprint density at radius 2 is 1.81 bits per heavy atom. The van der Waals surface area contributed by atoms with Crippen molar-refractivity contribution in [1.29, 1.82) is 0 Å². The van der Waals surface area contributed by atoms with Crippen molar-refractivity contribution in [3.8, 4) is 23.3 Å². The van der Waals surface area contributed by atoms with E-state index in [0.717, 1.165) is 24.2 Å². The van der Waals surface area contributed by atoms with E-state index in [9.17, 15) is 9.90 Å². The summed E-state index contributed by atoms with van der Waals surface area (Å²) in [6.45, 7) is 11.6. The van der Waals surface area contributed by atoms with E-state index in [0.29, 0.717) is 44.3 Å². The molecule has 7 heteroatoms. The van der Waals surface area contributed by atoms with Gasteiger partial charge in [-0.1, -0.05) is 39.7 Å². The molecule has 1 amide bonds.